The molecule has 0 amide bonds. The third-order valence-electron chi connectivity index (χ3n) is 0. The zero-order valence-electron chi connectivity index (χ0n) is 2.30. The van der Waals surface area contributed by atoms with Crippen LogP contribution in [0.25, 0.3) is 0 Å². The van der Waals surface area contributed by atoms with Gasteiger partial charge in [0.1, 0.15) is 0 Å². The first kappa shape index (κ1) is 2580. The van der Waals surface area contributed by atoms with Crippen LogP contribution < -0.4 is 23.5 Å². The zero-order chi connectivity index (χ0) is 0. The van der Waals surface area contributed by atoms with Gasteiger partial charge in [0.05, 0.1) is 0 Å². The standard InChI is InChI=1S/CH4.5FH.Mo/h1H4;5*1H;/p-5. The molecule has 54 valence electrons. The Morgan fingerprint density at radius 1 is 0.429 bits per heavy atom. The summed E-state index contributed by atoms with van der Waals surface area (Å²) < 4.78 is 0. The van der Waals surface area contributed by atoms with Gasteiger partial charge in [-0.3, -0.25) is 0 Å². The zero-order valence-corrected chi connectivity index (χ0v) is 4.31. The molecule has 0 rings (SSSR count). The van der Waals surface area contributed by atoms with Crippen molar-refractivity contribution in [2.75, 3.05) is 0 Å². The molecule has 0 radical (unpaired) electrons. The van der Waals surface area contributed by atoms with Crippen LogP contribution in [-0.2, 0) is 21.1 Å². The monoisotopic (exact) mass is 209 g/mol. The van der Waals surface area contributed by atoms with Crippen molar-refractivity contribution in [2.45, 2.75) is 7.43 Å². The van der Waals surface area contributed by atoms with E-state index in [1.807, 2.05) is 0 Å². The van der Waals surface area contributed by atoms with Gasteiger partial charge in [-0.1, -0.05) is 7.43 Å². The van der Waals surface area contributed by atoms with E-state index in [1.165, 1.54) is 0 Å². The maximum atomic E-state index is 0. The maximum absolute atomic E-state index is 0. The fourth-order valence-electron chi connectivity index (χ4n) is 0. The Labute approximate surface area is 52.8 Å². The minimum atomic E-state index is 0. The van der Waals surface area contributed by atoms with E-state index in [0.717, 1.165) is 0 Å². The summed E-state index contributed by atoms with van der Waals surface area (Å²) >= 11 is 0. The van der Waals surface area contributed by atoms with E-state index in [-0.39, 0.29) is 52.0 Å². The Morgan fingerprint density at radius 3 is 0.429 bits per heavy atom. The predicted molar refractivity (Wildman–Crippen MR) is 6.73 cm³/mol. The average Bonchev–Trinajstić information content (AvgIpc) is 0. The van der Waals surface area contributed by atoms with Gasteiger partial charge in [-0.05, 0) is 0 Å². The maximum Gasteiger partial charge on any atom is 0 e. The van der Waals surface area contributed by atoms with Crippen LogP contribution in [0.1, 0.15) is 7.43 Å². The van der Waals surface area contributed by atoms with Crippen molar-refractivity contribution in [3.63, 3.8) is 0 Å². The molecule has 0 bridgehead atoms. The van der Waals surface area contributed by atoms with Gasteiger partial charge in [0.25, 0.3) is 0 Å². The van der Waals surface area contributed by atoms with Crippen molar-refractivity contribution >= 4 is 0 Å². The van der Waals surface area contributed by atoms with Crippen molar-refractivity contribution in [2.24, 2.45) is 0 Å². The largest absolute Gasteiger partial charge is 1.00 e. The van der Waals surface area contributed by atoms with Gasteiger partial charge in [0, 0.05) is 21.1 Å². The smallest absolute Gasteiger partial charge is 0 e. The Hall–Kier alpha value is 0.338. The van der Waals surface area contributed by atoms with Crippen LogP contribution >= 0.6 is 0 Å². The van der Waals surface area contributed by atoms with Crippen LogP contribution in [0.5, 0.6) is 0 Å². The molecule has 6 heteroatoms. The fraction of sp³-hybridized carbons (Fsp3) is 1.00. The summed E-state index contributed by atoms with van der Waals surface area (Å²) in [7, 11) is 0. The molecule has 0 aliphatic carbocycles. The molecule has 0 nitrogen and oxygen atoms in total. The first-order chi connectivity index (χ1) is 0. The van der Waals surface area contributed by atoms with E-state index in [2.05, 4.69) is 0 Å². The van der Waals surface area contributed by atoms with Crippen molar-refractivity contribution in [3.05, 3.63) is 0 Å². The molecule has 0 N–H and O–H groups in total. The molecule has 0 aliphatic rings. The fourth-order valence-corrected chi connectivity index (χ4v) is 0. The van der Waals surface area contributed by atoms with Gasteiger partial charge < -0.3 is 23.5 Å². The van der Waals surface area contributed by atoms with E-state index in [1.54, 1.807) is 0 Å². The summed E-state index contributed by atoms with van der Waals surface area (Å²) in [5.41, 5.74) is 0. The number of rotatable bonds is 0. The summed E-state index contributed by atoms with van der Waals surface area (Å²) in [5.74, 6) is 0. The summed E-state index contributed by atoms with van der Waals surface area (Å²) in [6.07, 6.45) is 0. The molecule has 0 heterocycles. The molecular weight excluding hydrogens is 203 g/mol. The number of hydrogen-bond acceptors (Lipinski definition) is 0. The molecule has 0 aromatic carbocycles. The second kappa shape index (κ2) is 1580. The Morgan fingerprint density at radius 2 is 0.429 bits per heavy atom. The summed E-state index contributed by atoms with van der Waals surface area (Å²) in [6.45, 7) is 0. The minimum Gasteiger partial charge on any atom is -1.00 e. The second-order valence-electron chi connectivity index (χ2n) is 0. The van der Waals surface area contributed by atoms with E-state index >= 15 is 0 Å². The van der Waals surface area contributed by atoms with E-state index < -0.39 is 0 Å². The van der Waals surface area contributed by atoms with Gasteiger partial charge in [0.15, 0.2) is 0 Å². The van der Waals surface area contributed by atoms with Crippen LogP contribution in [-0.4, -0.2) is 0 Å². The van der Waals surface area contributed by atoms with Gasteiger partial charge >= 0.3 is 0 Å². The quantitative estimate of drug-likeness (QED) is 0.273. The minimum absolute atomic E-state index is 0. The molecule has 7 heavy (non-hydrogen) atoms. The van der Waals surface area contributed by atoms with Crippen molar-refractivity contribution in [1.82, 2.24) is 0 Å². The van der Waals surface area contributed by atoms with Crippen LogP contribution in [0.4, 0.5) is 0 Å². The average molecular weight is 207 g/mol. The van der Waals surface area contributed by atoms with Crippen LogP contribution in [0.3, 0.4) is 0 Å². The normalized spacial score (nSPS) is 0. The Balaban J connectivity index is 0. The van der Waals surface area contributed by atoms with Crippen LogP contribution in [0, 0.1) is 0 Å². The molecular formula is CH4F5Mo-5. The molecule has 0 unspecified atom stereocenters. The third-order valence-corrected chi connectivity index (χ3v) is 0. The van der Waals surface area contributed by atoms with Crippen LogP contribution in [0.15, 0.2) is 0 Å². The first-order valence-corrected chi connectivity index (χ1v) is 0. The van der Waals surface area contributed by atoms with E-state index in [0.29, 0.717) is 0 Å². The third kappa shape index (κ3) is 1040. The van der Waals surface area contributed by atoms with Gasteiger partial charge in [-0.25, -0.2) is 0 Å². The molecule has 0 aromatic rings. The van der Waals surface area contributed by atoms with Crippen molar-refractivity contribution < 1.29 is 44.6 Å². The Kier molecular flexibility index (Phi) is 581000. The van der Waals surface area contributed by atoms with E-state index in [9.17, 15) is 0 Å². The van der Waals surface area contributed by atoms with Crippen molar-refractivity contribution in [1.29, 1.82) is 0 Å². The van der Waals surface area contributed by atoms with Gasteiger partial charge in [0.2, 0.25) is 0 Å². The number of halogens is 5. The van der Waals surface area contributed by atoms with Gasteiger partial charge in [-0.2, -0.15) is 0 Å². The summed E-state index contributed by atoms with van der Waals surface area (Å²) in [5, 5.41) is 0. The molecule has 0 spiro atoms. The topological polar surface area (TPSA) is 0 Å². The SMILES string of the molecule is C.[F-].[F-].[F-].[F-].[F-].[Mo]. The van der Waals surface area contributed by atoms with E-state index in [4.69, 9.17) is 0 Å². The molecule has 0 saturated heterocycles. The molecule has 0 aromatic heterocycles. The number of hydrogen-bond donors (Lipinski definition) is 0. The van der Waals surface area contributed by atoms with Gasteiger partial charge in [-0.15, -0.1) is 0 Å². The molecule has 0 saturated carbocycles. The summed E-state index contributed by atoms with van der Waals surface area (Å²) in [6, 6.07) is 0. The van der Waals surface area contributed by atoms with Crippen LogP contribution in [0.2, 0.25) is 0 Å². The molecule has 0 fully saturated rings. The summed E-state index contributed by atoms with van der Waals surface area (Å²) in [4.78, 5) is 0. The first-order valence-electron chi connectivity index (χ1n) is 0. The molecule has 0 aliphatic heterocycles. The Bertz CT molecular complexity index is 8.04. The predicted octanol–water partition coefficient (Wildman–Crippen LogP) is -14.3. The van der Waals surface area contributed by atoms with Crippen molar-refractivity contribution in [3.8, 4) is 0 Å². The molecule has 0 atom stereocenters. The second-order valence-corrected chi connectivity index (χ2v) is 0.